The summed E-state index contributed by atoms with van der Waals surface area (Å²) in [5, 5.41) is 0.668. The second-order valence-corrected chi connectivity index (χ2v) is 9.53. The average Bonchev–Trinajstić information content (AvgIpc) is 2.53. The van der Waals surface area contributed by atoms with E-state index in [0.29, 0.717) is 23.4 Å². The Labute approximate surface area is 148 Å². The molecule has 0 aromatic carbocycles. The quantitative estimate of drug-likeness (QED) is 0.283. The summed E-state index contributed by atoms with van der Waals surface area (Å²) in [6.45, 7) is 6.05. The number of Topliss-reactive ketones (excluding diaryl/α,β-unsaturated/α-hetero) is 1. The summed E-state index contributed by atoms with van der Waals surface area (Å²) in [6.07, 6.45) is 6.28. The molecule has 1 aliphatic rings. The summed E-state index contributed by atoms with van der Waals surface area (Å²) in [4.78, 5) is 12.6. The van der Waals surface area contributed by atoms with Crippen LogP contribution in [0.15, 0.2) is 10.6 Å². The van der Waals surface area contributed by atoms with Crippen molar-refractivity contribution < 1.29 is 4.79 Å². The minimum atomic E-state index is -1.35. The molecule has 0 aliphatic heterocycles. The number of hydrogen-bond acceptors (Lipinski definition) is 1. The average molecular weight is 374 g/mol. The molecule has 1 saturated carbocycles. The van der Waals surface area contributed by atoms with Gasteiger partial charge in [0, 0.05) is 22.4 Å². The minimum Gasteiger partial charge on any atom is -0.294 e. The molecule has 5 heteroatoms. The number of allylic oxidation sites excluding steroid dienone is 2. The molecule has 0 aromatic rings. The van der Waals surface area contributed by atoms with Crippen molar-refractivity contribution >= 4 is 52.2 Å². The lowest BCUT2D eigenvalue weighted by Crippen LogP contribution is -2.17. The predicted molar refractivity (Wildman–Crippen MR) is 93.4 cm³/mol. The van der Waals surface area contributed by atoms with Gasteiger partial charge in [0.1, 0.15) is 0 Å². The van der Waals surface area contributed by atoms with Crippen molar-refractivity contribution in [3.05, 3.63) is 10.6 Å². The largest absolute Gasteiger partial charge is 0.294 e. The molecular weight excluding hydrogens is 350 g/mol. The molecular formula is C16H24Cl4O. The molecule has 122 valence electrons. The van der Waals surface area contributed by atoms with Crippen LogP contribution in [0.2, 0.25) is 0 Å². The van der Waals surface area contributed by atoms with Crippen molar-refractivity contribution in [1.29, 1.82) is 0 Å². The molecule has 0 N–H and O–H groups in total. The maximum absolute atomic E-state index is 12.6. The first-order valence-electron chi connectivity index (χ1n) is 7.58. The van der Waals surface area contributed by atoms with Crippen LogP contribution in [0.4, 0.5) is 0 Å². The minimum absolute atomic E-state index is 0.0568. The van der Waals surface area contributed by atoms with Crippen LogP contribution in [-0.4, -0.2) is 9.58 Å². The molecule has 21 heavy (non-hydrogen) atoms. The van der Waals surface area contributed by atoms with Gasteiger partial charge in [-0.15, -0.1) is 0 Å². The van der Waals surface area contributed by atoms with E-state index < -0.39 is 9.21 Å². The van der Waals surface area contributed by atoms with Crippen LogP contribution < -0.4 is 0 Å². The predicted octanol–water partition coefficient (Wildman–Crippen LogP) is 6.83. The lowest BCUT2D eigenvalue weighted by atomic mass is 9.89. The lowest BCUT2D eigenvalue weighted by Gasteiger charge is -2.19. The maximum atomic E-state index is 12.6. The first-order chi connectivity index (χ1) is 9.58. The van der Waals surface area contributed by atoms with Gasteiger partial charge >= 0.3 is 0 Å². The molecule has 0 unspecified atom stereocenters. The van der Waals surface area contributed by atoms with E-state index in [-0.39, 0.29) is 11.7 Å². The highest BCUT2D eigenvalue weighted by Gasteiger charge is 2.46. The van der Waals surface area contributed by atoms with Crippen LogP contribution in [0.25, 0.3) is 0 Å². The van der Waals surface area contributed by atoms with Crippen molar-refractivity contribution in [1.82, 2.24) is 0 Å². The number of carbonyl (C=O) groups excluding carboxylic acids is 1. The van der Waals surface area contributed by atoms with Crippen molar-refractivity contribution in [2.24, 2.45) is 11.3 Å². The molecule has 1 atom stereocenters. The molecule has 0 saturated heterocycles. The Morgan fingerprint density at radius 2 is 1.86 bits per heavy atom. The fourth-order valence-electron chi connectivity index (χ4n) is 3.00. The fourth-order valence-corrected chi connectivity index (χ4v) is 3.93. The Morgan fingerprint density at radius 3 is 2.38 bits per heavy atom. The van der Waals surface area contributed by atoms with E-state index in [1.807, 2.05) is 13.8 Å². The van der Waals surface area contributed by atoms with Gasteiger partial charge in [0.2, 0.25) is 0 Å². The molecule has 0 aromatic heterocycles. The van der Waals surface area contributed by atoms with Crippen LogP contribution in [-0.2, 0) is 4.79 Å². The van der Waals surface area contributed by atoms with Crippen molar-refractivity contribution in [2.45, 2.75) is 69.5 Å². The first kappa shape index (κ1) is 19.6. The molecule has 0 bridgehead atoms. The third-order valence-corrected chi connectivity index (χ3v) is 4.90. The lowest BCUT2D eigenvalue weighted by molar-refractivity contribution is -0.121. The van der Waals surface area contributed by atoms with E-state index in [1.54, 1.807) is 0 Å². The van der Waals surface area contributed by atoms with Gasteiger partial charge in [-0.25, -0.2) is 0 Å². The molecule has 0 spiro atoms. The van der Waals surface area contributed by atoms with Crippen molar-refractivity contribution in [3.8, 4) is 0 Å². The summed E-state index contributed by atoms with van der Waals surface area (Å²) >= 11 is 24.2. The summed E-state index contributed by atoms with van der Waals surface area (Å²) < 4.78 is -1.35. The number of alkyl halides is 3. The number of unbranched alkanes of at least 4 members (excludes halogenated alkanes) is 3. The van der Waals surface area contributed by atoms with E-state index in [0.717, 1.165) is 19.3 Å². The van der Waals surface area contributed by atoms with Crippen molar-refractivity contribution in [3.63, 3.8) is 0 Å². The molecule has 1 fully saturated rings. The van der Waals surface area contributed by atoms with E-state index >= 15 is 0 Å². The molecule has 1 rings (SSSR count). The van der Waals surface area contributed by atoms with Crippen LogP contribution >= 0.6 is 46.4 Å². The second kappa shape index (κ2) is 7.90. The number of carbonyl (C=O) groups is 1. The zero-order chi connectivity index (χ0) is 16.3. The fraction of sp³-hybridized carbons (Fsp3) is 0.812. The zero-order valence-corrected chi connectivity index (χ0v) is 16.0. The Bertz CT molecular complexity index is 407. The summed E-state index contributed by atoms with van der Waals surface area (Å²) in [7, 11) is 0. The summed E-state index contributed by atoms with van der Waals surface area (Å²) in [6, 6.07) is 0. The van der Waals surface area contributed by atoms with Crippen LogP contribution in [0.3, 0.4) is 0 Å². The molecule has 0 amide bonds. The summed E-state index contributed by atoms with van der Waals surface area (Å²) in [5.74, 6) is 0.0564. The highest BCUT2D eigenvalue weighted by molar-refractivity contribution is 6.67. The third-order valence-electron chi connectivity index (χ3n) is 4.04. The highest BCUT2D eigenvalue weighted by atomic mass is 35.6. The topological polar surface area (TPSA) is 17.1 Å². The van der Waals surface area contributed by atoms with E-state index in [9.17, 15) is 4.79 Å². The van der Waals surface area contributed by atoms with Gasteiger partial charge in [-0.2, -0.15) is 0 Å². The first-order valence-corrected chi connectivity index (χ1v) is 9.09. The second-order valence-electron chi connectivity index (χ2n) is 6.56. The van der Waals surface area contributed by atoms with Crippen LogP contribution in [0.1, 0.15) is 65.7 Å². The van der Waals surface area contributed by atoms with Gasteiger partial charge < -0.3 is 0 Å². The number of rotatable bonds is 6. The highest BCUT2D eigenvalue weighted by Crippen LogP contribution is 2.49. The van der Waals surface area contributed by atoms with Gasteiger partial charge in [0.05, 0.1) is 0 Å². The molecule has 1 aliphatic carbocycles. The van der Waals surface area contributed by atoms with E-state index in [4.69, 9.17) is 46.4 Å². The smallest absolute Gasteiger partial charge is 0.191 e. The third kappa shape index (κ3) is 5.94. The Morgan fingerprint density at radius 1 is 1.24 bits per heavy atom. The summed E-state index contributed by atoms with van der Waals surface area (Å²) in [5.41, 5.74) is 0.281. The van der Waals surface area contributed by atoms with Gasteiger partial charge in [-0.3, -0.25) is 4.79 Å². The standard InChI is InChI=1S/C16H24Cl4O/c1-4-5-6-7-8-12(17)13-11(10-16(18,19)20)9-15(2,3)14(13)21/h11H,4-10H2,1-3H3/b13-12+/t11-/m0/s1. The van der Waals surface area contributed by atoms with Crippen molar-refractivity contribution in [2.75, 3.05) is 0 Å². The van der Waals surface area contributed by atoms with Crippen LogP contribution in [0.5, 0.6) is 0 Å². The van der Waals surface area contributed by atoms with Gasteiger partial charge in [0.25, 0.3) is 0 Å². The Balaban J connectivity index is 2.88. The van der Waals surface area contributed by atoms with E-state index in [1.165, 1.54) is 12.8 Å². The Kier molecular flexibility index (Phi) is 7.38. The number of hydrogen-bond donors (Lipinski definition) is 0. The number of ketones is 1. The normalized spacial score (nSPS) is 24.5. The Hall–Kier alpha value is 0.570. The van der Waals surface area contributed by atoms with Gasteiger partial charge in [-0.05, 0) is 25.2 Å². The van der Waals surface area contributed by atoms with Crippen LogP contribution in [0, 0.1) is 11.3 Å². The monoisotopic (exact) mass is 372 g/mol. The van der Waals surface area contributed by atoms with Gasteiger partial charge in [0.15, 0.2) is 9.58 Å². The maximum Gasteiger partial charge on any atom is 0.191 e. The van der Waals surface area contributed by atoms with Gasteiger partial charge in [-0.1, -0.05) is 86.4 Å². The zero-order valence-electron chi connectivity index (χ0n) is 12.9. The number of halogens is 4. The molecule has 1 nitrogen and oxygen atoms in total. The van der Waals surface area contributed by atoms with E-state index in [2.05, 4.69) is 6.92 Å². The molecule has 0 radical (unpaired) electrons. The SMILES string of the molecule is CCCCCC/C(Cl)=C1\C(=O)C(C)(C)C[C@H]1CC(Cl)(Cl)Cl. The molecule has 0 heterocycles.